The molecule has 2 aliphatic rings. The second-order valence-corrected chi connectivity index (χ2v) is 9.62. The van der Waals surface area contributed by atoms with Gasteiger partial charge in [-0.15, -0.1) is 0 Å². The number of nitrogens with zero attached hydrogens (tertiary/aromatic N) is 2. The van der Waals surface area contributed by atoms with E-state index < -0.39 is 17.9 Å². The molecular weight excluding hydrogens is 463 g/mol. The second kappa shape index (κ2) is 9.27. The molecule has 0 aromatic heterocycles. The molecule has 8 heteroatoms. The number of Topliss-reactive ketones (excluding diaryl/α,β-unsaturated/α-hetero) is 1. The number of piperidine rings is 1. The van der Waals surface area contributed by atoms with Crippen molar-refractivity contribution < 1.29 is 19.2 Å². The van der Waals surface area contributed by atoms with Gasteiger partial charge in [-0.1, -0.05) is 49.2 Å². The SMILES string of the molecule is CC(C)C(C(=O)N1CCC(C(=O)c2ccc(Cl)c(Cl)c2)CC1)N1C(=O)c2ccccc2C1=O. The Bertz CT molecular complexity index is 1100. The Morgan fingerprint density at radius 2 is 1.48 bits per heavy atom. The van der Waals surface area contributed by atoms with Crippen molar-refractivity contribution in [1.29, 1.82) is 0 Å². The Kier molecular flexibility index (Phi) is 6.59. The first-order valence-corrected chi connectivity index (χ1v) is 11.7. The molecule has 1 fully saturated rings. The number of halogens is 2. The predicted octanol–water partition coefficient (Wildman–Crippen LogP) is 4.74. The fraction of sp³-hybridized carbons (Fsp3) is 0.360. The Morgan fingerprint density at radius 3 is 2.00 bits per heavy atom. The number of hydrogen-bond donors (Lipinski definition) is 0. The van der Waals surface area contributed by atoms with Gasteiger partial charge in [0, 0.05) is 24.6 Å². The van der Waals surface area contributed by atoms with Crippen molar-refractivity contribution in [2.45, 2.75) is 32.7 Å². The lowest BCUT2D eigenvalue weighted by atomic mass is 9.88. The highest BCUT2D eigenvalue weighted by molar-refractivity contribution is 6.42. The molecule has 1 unspecified atom stereocenters. The molecule has 0 radical (unpaired) electrons. The Balaban J connectivity index is 1.47. The molecule has 0 bridgehead atoms. The van der Waals surface area contributed by atoms with Crippen molar-refractivity contribution >= 4 is 46.7 Å². The molecule has 1 atom stereocenters. The minimum absolute atomic E-state index is 0.0265. The first kappa shape index (κ1) is 23.5. The minimum atomic E-state index is -0.889. The monoisotopic (exact) mass is 486 g/mol. The highest BCUT2D eigenvalue weighted by Crippen LogP contribution is 2.30. The number of hydrogen-bond acceptors (Lipinski definition) is 4. The molecule has 2 heterocycles. The lowest BCUT2D eigenvalue weighted by Crippen LogP contribution is -2.55. The quantitative estimate of drug-likeness (QED) is 0.451. The van der Waals surface area contributed by atoms with Crippen molar-refractivity contribution in [3.8, 4) is 0 Å². The van der Waals surface area contributed by atoms with Crippen LogP contribution >= 0.6 is 23.2 Å². The number of ketones is 1. The van der Waals surface area contributed by atoms with Crippen LogP contribution in [0.15, 0.2) is 42.5 Å². The van der Waals surface area contributed by atoms with Crippen LogP contribution in [0, 0.1) is 11.8 Å². The van der Waals surface area contributed by atoms with Gasteiger partial charge in [0.25, 0.3) is 11.8 Å². The van der Waals surface area contributed by atoms with E-state index in [1.807, 2.05) is 13.8 Å². The number of carbonyl (C=O) groups excluding carboxylic acids is 4. The van der Waals surface area contributed by atoms with E-state index in [-0.39, 0.29) is 23.5 Å². The highest BCUT2D eigenvalue weighted by atomic mass is 35.5. The van der Waals surface area contributed by atoms with Crippen LogP contribution in [0.2, 0.25) is 10.0 Å². The summed E-state index contributed by atoms with van der Waals surface area (Å²) < 4.78 is 0. The number of benzene rings is 2. The van der Waals surface area contributed by atoms with Crippen LogP contribution in [0.3, 0.4) is 0 Å². The van der Waals surface area contributed by atoms with E-state index in [4.69, 9.17) is 23.2 Å². The van der Waals surface area contributed by atoms with Crippen molar-refractivity contribution in [1.82, 2.24) is 9.80 Å². The molecule has 4 rings (SSSR count). The van der Waals surface area contributed by atoms with Gasteiger partial charge in [-0.05, 0) is 49.1 Å². The molecule has 1 saturated heterocycles. The number of amides is 3. The lowest BCUT2D eigenvalue weighted by Gasteiger charge is -2.37. The summed E-state index contributed by atoms with van der Waals surface area (Å²) in [7, 11) is 0. The first-order valence-electron chi connectivity index (χ1n) is 11.0. The van der Waals surface area contributed by atoms with Crippen LogP contribution in [0.1, 0.15) is 57.8 Å². The smallest absolute Gasteiger partial charge is 0.262 e. The summed E-state index contributed by atoms with van der Waals surface area (Å²) in [5.41, 5.74) is 1.15. The van der Waals surface area contributed by atoms with Gasteiger partial charge in [0.05, 0.1) is 21.2 Å². The Morgan fingerprint density at radius 1 is 0.909 bits per heavy atom. The minimum Gasteiger partial charge on any atom is -0.341 e. The summed E-state index contributed by atoms with van der Waals surface area (Å²) in [5, 5.41) is 0.720. The van der Waals surface area contributed by atoms with Crippen LogP contribution in [-0.2, 0) is 4.79 Å². The topological polar surface area (TPSA) is 74.8 Å². The molecule has 0 aliphatic carbocycles. The molecule has 3 amide bonds. The maximum Gasteiger partial charge on any atom is 0.262 e. The summed E-state index contributed by atoms with van der Waals surface area (Å²) in [6, 6.07) is 10.6. The zero-order chi connectivity index (χ0) is 23.9. The first-order chi connectivity index (χ1) is 15.7. The predicted molar refractivity (Wildman–Crippen MR) is 126 cm³/mol. The van der Waals surface area contributed by atoms with Crippen molar-refractivity contribution in [3.63, 3.8) is 0 Å². The molecular formula is C25H24Cl2N2O4. The summed E-state index contributed by atoms with van der Waals surface area (Å²) >= 11 is 12.0. The fourth-order valence-corrected chi connectivity index (χ4v) is 4.89. The maximum absolute atomic E-state index is 13.5. The zero-order valence-corrected chi connectivity index (χ0v) is 19.9. The van der Waals surface area contributed by atoms with Gasteiger partial charge < -0.3 is 4.90 Å². The molecule has 0 saturated carbocycles. The number of rotatable bonds is 5. The van der Waals surface area contributed by atoms with Crippen molar-refractivity contribution in [2.24, 2.45) is 11.8 Å². The van der Waals surface area contributed by atoms with Gasteiger partial charge >= 0.3 is 0 Å². The van der Waals surface area contributed by atoms with E-state index in [9.17, 15) is 19.2 Å². The molecule has 33 heavy (non-hydrogen) atoms. The van der Waals surface area contributed by atoms with E-state index in [0.29, 0.717) is 52.7 Å². The van der Waals surface area contributed by atoms with Gasteiger partial charge in [0.1, 0.15) is 6.04 Å². The standard InChI is InChI=1S/C25H24Cl2N2O4/c1-14(2)21(29-23(31)17-5-3-4-6-18(17)24(29)32)25(33)28-11-9-15(10-12-28)22(30)16-7-8-19(26)20(27)13-16/h3-8,13-15,21H,9-12H2,1-2H3. The van der Waals surface area contributed by atoms with Gasteiger partial charge in [-0.3, -0.25) is 24.1 Å². The van der Waals surface area contributed by atoms with Crippen LogP contribution in [0.5, 0.6) is 0 Å². The lowest BCUT2D eigenvalue weighted by molar-refractivity contribution is -0.138. The number of carbonyl (C=O) groups is 4. The third-order valence-corrected chi connectivity index (χ3v) is 7.11. The summed E-state index contributed by atoms with van der Waals surface area (Å²) in [6.07, 6.45) is 0.996. The van der Waals surface area contributed by atoms with Crippen LogP contribution < -0.4 is 0 Å². The Hall–Kier alpha value is -2.70. The molecule has 0 spiro atoms. The largest absolute Gasteiger partial charge is 0.341 e. The van der Waals surface area contributed by atoms with Crippen LogP contribution in [-0.4, -0.2) is 52.4 Å². The molecule has 2 aromatic rings. The third-order valence-electron chi connectivity index (χ3n) is 6.37. The maximum atomic E-state index is 13.5. The van der Waals surface area contributed by atoms with Gasteiger partial charge in [0.15, 0.2) is 5.78 Å². The van der Waals surface area contributed by atoms with Gasteiger partial charge in [-0.25, -0.2) is 0 Å². The second-order valence-electron chi connectivity index (χ2n) is 8.81. The fourth-order valence-electron chi connectivity index (χ4n) is 4.59. The van der Waals surface area contributed by atoms with Crippen LogP contribution in [0.4, 0.5) is 0 Å². The summed E-state index contributed by atoms with van der Waals surface area (Å²) in [6.45, 7) is 4.41. The zero-order valence-electron chi connectivity index (χ0n) is 18.4. The normalized spacial score (nSPS) is 17.5. The summed E-state index contributed by atoms with van der Waals surface area (Å²) in [5.74, 6) is -1.65. The average molecular weight is 487 g/mol. The average Bonchev–Trinajstić information content (AvgIpc) is 3.06. The number of likely N-dealkylation sites (tertiary alicyclic amines) is 1. The molecule has 6 nitrogen and oxygen atoms in total. The van der Waals surface area contributed by atoms with E-state index in [2.05, 4.69) is 0 Å². The third kappa shape index (κ3) is 4.30. The van der Waals surface area contributed by atoms with Crippen molar-refractivity contribution in [3.05, 3.63) is 69.2 Å². The van der Waals surface area contributed by atoms with Crippen LogP contribution in [0.25, 0.3) is 0 Å². The van der Waals surface area contributed by atoms with E-state index in [1.165, 1.54) is 0 Å². The highest BCUT2D eigenvalue weighted by Gasteiger charge is 2.45. The number of imide groups is 1. The van der Waals surface area contributed by atoms with E-state index in [1.54, 1.807) is 47.4 Å². The number of fused-ring (bicyclic) bond motifs is 1. The van der Waals surface area contributed by atoms with Crippen molar-refractivity contribution in [2.75, 3.05) is 13.1 Å². The van der Waals surface area contributed by atoms with E-state index in [0.717, 1.165) is 4.90 Å². The van der Waals surface area contributed by atoms with Gasteiger partial charge in [-0.2, -0.15) is 0 Å². The van der Waals surface area contributed by atoms with E-state index >= 15 is 0 Å². The van der Waals surface area contributed by atoms with Gasteiger partial charge in [0.2, 0.25) is 5.91 Å². The molecule has 2 aliphatic heterocycles. The molecule has 0 N–H and O–H groups in total. The molecule has 172 valence electrons. The Labute approximate surface area is 202 Å². The summed E-state index contributed by atoms with van der Waals surface area (Å²) in [4.78, 5) is 55.0. The molecule has 2 aromatic carbocycles.